The molecule has 2 aromatic rings. The zero-order chi connectivity index (χ0) is 18.6. The van der Waals surface area contributed by atoms with Crippen molar-refractivity contribution in [3.05, 3.63) is 68.2 Å². The third-order valence-corrected chi connectivity index (χ3v) is 3.83. The van der Waals surface area contributed by atoms with Crippen LogP contribution in [-0.4, -0.2) is 23.4 Å². The van der Waals surface area contributed by atoms with Gasteiger partial charge in [0.1, 0.15) is 0 Å². The van der Waals surface area contributed by atoms with Crippen molar-refractivity contribution >= 4 is 34.9 Å². The molecule has 0 spiro atoms. The minimum absolute atomic E-state index is 0.0167. The van der Waals surface area contributed by atoms with Gasteiger partial charge < -0.3 is 10.1 Å². The number of anilines is 1. The van der Waals surface area contributed by atoms with Gasteiger partial charge in [-0.25, -0.2) is 4.79 Å². The molecule has 7 nitrogen and oxygen atoms in total. The lowest BCUT2D eigenvalue weighted by Gasteiger charge is -2.09. The van der Waals surface area contributed by atoms with Gasteiger partial charge in [0.05, 0.1) is 21.2 Å². The number of nitro groups is 1. The predicted molar refractivity (Wildman–Crippen MR) is 92.9 cm³/mol. The van der Waals surface area contributed by atoms with E-state index in [0.29, 0.717) is 5.56 Å². The smallest absolute Gasteiger partial charge is 0.338 e. The van der Waals surface area contributed by atoms with Crippen LogP contribution in [0.5, 0.6) is 0 Å². The fourth-order valence-electron chi connectivity index (χ4n) is 1.99. The topological polar surface area (TPSA) is 98.5 Å². The molecule has 0 saturated carbocycles. The number of esters is 1. The Morgan fingerprint density at radius 1 is 1.16 bits per heavy atom. The molecule has 25 heavy (non-hydrogen) atoms. The highest BCUT2D eigenvalue weighted by molar-refractivity contribution is 6.34. The molecule has 0 aliphatic heterocycles. The van der Waals surface area contributed by atoms with E-state index in [1.807, 2.05) is 13.8 Å². The second-order valence-electron chi connectivity index (χ2n) is 5.34. The highest BCUT2D eigenvalue weighted by Crippen LogP contribution is 2.26. The average Bonchev–Trinajstić information content (AvgIpc) is 2.56. The SMILES string of the molecule is Cc1ccc(C(=O)OCC(=O)Nc2ccc([N+](=O)[O-])cc2Cl)cc1C. The van der Waals surface area contributed by atoms with Crippen LogP contribution in [-0.2, 0) is 9.53 Å². The van der Waals surface area contributed by atoms with Gasteiger partial charge in [-0.15, -0.1) is 0 Å². The number of ether oxygens (including phenoxy) is 1. The summed E-state index contributed by atoms with van der Waals surface area (Å²) in [5.41, 5.74) is 2.34. The summed E-state index contributed by atoms with van der Waals surface area (Å²) in [6.45, 7) is 3.29. The van der Waals surface area contributed by atoms with E-state index in [1.165, 1.54) is 12.1 Å². The molecule has 130 valence electrons. The molecule has 0 radical (unpaired) electrons. The highest BCUT2D eigenvalue weighted by Gasteiger charge is 2.14. The predicted octanol–water partition coefficient (Wildman–Crippen LogP) is 3.66. The van der Waals surface area contributed by atoms with E-state index < -0.39 is 23.4 Å². The van der Waals surface area contributed by atoms with Gasteiger partial charge in [-0.2, -0.15) is 0 Å². The Hall–Kier alpha value is -2.93. The van der Waals surface area contributed by atoms with E-state index in [1.54, 1.807) is 18.2 Å². The molecule has 0 aliphatic rings. The normalized spacial score (nSPS) is 10.2. The van der Waals surface area contributed by atoms with Crippen molar-refractivity contribution in [2.45, 2.75) is 13.8 Å². The van der Waals surface area contributed by atoms with Gasteiger partial charge in [-0.1, -0.05) is 17.7 Å². The first-order valence-corrected chi connectivity index (χ1v) is 7.64. The lowest BCUT2D eigenvalue weighted by Crippen LogP contribution is -2.21. The van der Waals surface area contributed by atoms with Gasteiger partial charge in [-0.05, 0) is 43.2 Å². The summed E-state index contributed by atoms with van der Waals surface area (Å²) in [6.07, 6.45) is 0. The number of rotatable bonds is 5. The van der Waals surface area contributed by atoms with E-state index in [9.17, 15) is 19.7 Å². The molecule has 8 heteroatoms. The Labute approximate surface area is 148 Å². The molecule has 2 aromatic carbocycles. The molecular weight excluding hydrogens is 348 g/mol. The molecule has 0 atom stereocenters. The fraction of sp³-hybridized carbons (Fsp3) is 0.176. The first-order valence-electron chi connectivity index (χ1n) is 7.26. The van der Waals surface area contributed by atoms with E-state index in [2.05, 4.69) is 5.32 Å². The molecular formula is C17H15ClN2O5. The van der Waals surface area contributed by atoms with E-state index >= 15 is 0 Å². The Bertz CT molecular complexity index is 851. The van der Waals surface area contributed by atoms with Crippen LogP contribution in [0.3, 0.4) is 0 Å². The first kappa shape index (κ1) is 18.4. The molecule has 0 fully saturated rings. The average molecular weight is 363 g/mol. The molecule has 0 aliphatic carbocycles. The molecule has 0 unspecified atom stereocenters. The second-order valence-corrected chi connectivity index (χ2v) is 5.75. The number of nitrogens with one attached hydrogen (secondary N) is 1. The number of nitrogens with zero attached hydrogens (tertiary/aromatic N) is 1. The maximum Gasteiger partial charge on any atom is 0.338 e. The van der Waals surface area contributed by atoms with Crippen molar-refractivity contribution in [1.29, 1.82) is 0 Å². The van der Waals surface area contributed by atoms with Crippen LogP contribution in [0.1, 0.15) is 21.5 Å². The molecule has 0 saturated heterocycles. The number of amides is 1. The Balaban J connectivity index is 1.95. The van der Waals surface area contributed by atoms with Gasteiger partial charge in [0.15, 0.2) is 6.61 Å². The molecule has 0 aromatic heterocycles. The van der Waals surface area contributed by atoms with Crippen molar-refractivity contribution in [2.75, 3.05) is 11.9 Å². The van der Waals surface area contributed by atoms with Crippen LogP contribution in [0.4, 0.5) is 11.4 Å². The summed E-state index contributed by atoms with van der Waals surface area (Å²) in [5.74, 6) is -1.22. The van der Waals surface area contributed by atoms with Crippen LogP contribution < -0.4 is 5.32 Å². The summed E-state index contributed by atoms with van der Waals surface area (Å²) in [4.78, 5) is 33.9. The number of hydrogen-bond acceptors (Lipinski definition) is 5. The second kappa shape index (κ2) is 7.76. The Morgan fingerprint density at radius 2 is 1.88 bits per heavy atom. The Kier molecular flexibility index (Phi) is 5.71. The standard InChI is InChI=1S/C17H15ClN2O5/c1-10-3-4-12(7-11(10)2)17(22)25-9-16(21)19-15-6-5-13(20(23)24)8-14(15)18/h3-8H,9H2,1-2H3,(H,19,21). The van der Waals surface area contributed by atoms with Crippen molar-refractivity contribution in [1.82, 2.24) is 0 Å². The minimum Gasteiger partial charge on any atom is -0.452 e. The summed E-state index contributed by atoms with van der Waals surface area (Å²) in [6, 6.07) is 8.74. The lowest BCUT2D eigenvalue weighted by atomic mass is 10.1. The van der Waals surface area contributed by atoms with Gasteiger partial charge in [0, 0.05) is 12.1 Å². The van der Waals surface area contributed by atoms with Gasteiger partial charge in [0.2, 0.25) is 0 Å². The van der Waals surface area contributed by atoms with Crippen LogP contribution >= 0.6 is 11.6 Å². The number of carbonyl (C=O) groups is 2. The fourth-order valence-corrected chi connectivity index (χ4v) is 2.21. The number of aryl methyl sites for hydroxylation is 2. The maximum atomic E-state index is 11.9. The number of benzene rings is 2. The van der Waals surface area contributed by atoms with Crippen LogP contribution in [0, 0.1) is 24.0 Å². The third kappa shape index (κ3) is 4.77. The maximum absolute atomic E-state index is 11.9. The van der Waals surface area contributed by atoms with Crippen LogP contribution in [0.25, 0.3) is 0 Å². The minimum atomic E-state index is -0.618. The first-order chi connectivity index (χ1) is 11.8. The van der Waals surface area contributed by atoms with Crippen molar-refractivity contribution in [3.8, 4) is 0 Å². The largest absolute Gasteiger partial charge is 0.452 e. The third-order valence-electron chi connectivity index (χ3n) is 3.51. The highest BCUT2D eigenvalue weighted by atomic mass is 35.5. The molecule has 0 heterocycles. The van der Waals surface area contributed by atoms with Crippen molar-refractivity contribution < 1.29 is 19.2 Å². The lowest BCUT2D eigenvalue weighted by molar-refractivity contribution is -0.384. The zero-order valence-electron chi connectivity index (χ0n) is 13.5. The summed E-state index contributed by atoms with van der Waals surface area (Å²) in [5, 5.41) is 13.1. The van der Waals surface area contributed by atoms with Gasteiger partial charge >= 0.3 is 5.97 Å². The van der Waals surface area contributed by atoms with Crippen molar-refractivity contribution in [3.63, 3.8) is 0 Å². The number of non-ortho nitro benzene ring substituents is 1. The zero-order valence-corrected chi connectivity index (χ0v) is 14.3. The van der Waals surface area contributed by atoms with Crippen LogP contribution in [0.2, 0.25) is 5.02 Å². The van der Waals surface area contributed by atoms with Gasteiger partial charge in [-0.3, -0.25) is 14.9 Å². The number of hydrogen-bond donors (Lipinski definition) is 1. The van der Waals surface area contributed by atoms with E-state index in [0.717, 1.165) is 17.2 Å². The molecule has 1 N–H and O–H groups in total. The summed E-state index contributed by atoms with van der Waals surface area (Å²) < 4.78 is 4.96. The monoisotopic (exact) mass is 362 g/mol. The molecule has 2 rings (SSSR count). The molecule has 1 amide bonds. The number of halogens is 1. The van der Waals surface area contributed by atoms with Crippen LogP contribution in [0.15, 0.2) is 36.4 Å². The quantitative estimate of drug-likeness (QED) is 0.497. The summed E-state index contributed by atoms with van der Waals surface area (Å²) in [7, 11) is 0. The summed E-state index contributed by atoms with van der Waals surface area (Å²) >= 11 is 5.88. The Morgan fingerprint density at radius 3 is 2.48 bits per heavy atom. The van der Waals surface area contributed by atoms with Crippen molar-refractivity contribution in [2.24, 2.45) is 0 Å². The number of nitro benzene ring substituents is 1. The van der Waals surface area contributed by atoms with E-state index in [4.69, 9.17) is 16.3 Å². The van der Waals surface area contributed by atoms with Gasteiger partial charge in [0.25, 0.3) is 11.6 Å². The van der Waals surface area contributed by atoms with E-state index in [-0.39, 0.29) is 16.4 Å². The molecule has 0 bridgehead atoms. The number of carbonyl (C=O) groups excluding carboxylic acids is 2.